The third-order valence-corrected chi connectivity index (χ3v) is 2.17. The summed E-state index contributed by atoms with van der Waals surface area (Å²) >= 11 is 0. The van der Waals surface area contributed by atoms with Crippen LogP contribution in [0.15, 0.2) is 0 Å². The smallest absolute Gasteiger partial charge is 0.0637 e. The van der Waals surface area contributed by atoms with Gasteiger partial charge in [-0.2, -0.15) is 0 Å². The minimum absolute atomic E-state index is 0.0434. The fourth-order valence-corrected chi connectivity index (χ4v) is 0.912. The summed E-state index contributed by atoms with van der Waals surface area (Å²) in [6.07, 6.45) is -1.15. The molecule has 0 aliphatic carbocycles. The Hall–Kier alpha value is -0.120. The molecule has 4 atom stereocenters. The van der Waals surface area contributed by atoms with E-state index in [0.717, 1.165) is 0 Å². The lowest BCUT2D eigenvalue weighted by atomic mass is 9.90. The number of aliphatic hydroxyl groups is 3. The molecule has 0 heterocycles. The largest absolute Gasteiger partial charge is 0.396 e. The zero-order valence-corrected chi connectivity index (χ0v) is 7.36. The van der Waals surface area contributed by atoms with Crippen LogP contribution < -0.4 is 0 Å². The van der Waals surface area contributed by atoms with Gasteiger partial charge in [0.2, 0.25) is 0 Å². The van der Waals surface area contributed by atoms with Gasteiger partial charge in [0.05, 0.1) is 12.2 Å². The Morgan fingerprint density at radius 1 is 1.09 bits per heavy atom. The van der Waals surface area contributed by atoms with Crippen LogP contribution in [0.3, 0.4) is 0 Å². The highest BCUT2D eigenvalue weighted by Gasteiger charge is 2.23. The van der Waals surface area contributed by atoms with Crippen molar-refractivity contribution in [1.29, 1.82) is 0 Å². The average molecular weight is 162 g/mol. The van der Waals surface area contributed by atoms with Crippen LogP contribution in [-0.2, 0) is 0 Å². The van der Waals surface area contributed by atoms with Crippen molar-refractivity contribution in [2.24, 2.45) is 11.8 Å². The molecule has 68 valence electrons. The molecule has 0 aromatic rings. The van der Waals surface area contributed by atoms with E-state index in [0.29, 0.717) is 0 Å². The Morgan fingerprint density at radius 3 is 1.82 bits per heavy atom. The van der Waals surface area contributed by atoms with Gasteiger partial charge in [0.25, 0.3) is 0 Å². The Bertz CT molecular complexity index is 104. The van der Waals surface area contributed by atoms with Gasteiger partial charge in [-0.05, 0) is 6.92 Å². The molecular formula is C8H18O3. The Kier molecular flexibility index (Phi) is 4.65. The van der Waals surface area contributed by atoms with Crippen molar-refractivity contribution in [3.8, 4) is 0 Å². The predicted molar refractivity (Wildman–Crippen MR) is 43.1 cm³/mol. The third kappa shape index (κ3) is 3.18. The van der Waals surface area contributed by atoms with Crippen LogP contribution in [0.4, 0.5) is 0 Å². The summed E-state index contributed by atoms with van der Waals surface area (Å²) < 4.78 is 0. The van der Waals surface area contributed by atoms with Crippen molar-refractivity contribution < 1.29 is 15.3 Å². The summed E-state index contributed by atoms with van der Waals surface area (Å²) in [6, 6.07) is 0. The Balaban J connectivity index is 3.90. The van der Waals surface area contributed by atoms with Crippen LogP contribution in [0, 0.1) is 11.8 Å². The first-order valence-corrected chi connectivity index (χ1v) is 3.97. The second kappa shape index (κ2) is 4.70. The number of hydrogen-bond acceptors (Lipinski definition) is 3. The molecule has 0 bridgehead atoms. The zero-order valence-electron chi connectivity index (χ0n) is 7.36. The highest BCUT2D eigenvalue weighted by molar-refractivity contribution is 4.73. The van der Waals surface area contributed by atoms with E-state index in [1.54, 1.807) is 20.8 Å². The first-order valence-electron chi connectivity index (χ1n) is 3.97. The van der Waals surface area contributed by atoms with Crippen LogP contribution in [0.1, 0.15) is 20.8 Å². The van der Waals surface area contributed by atoms with Crippen molar-refractivity contribution in [2.75, 3.05) is 6.61 Å². The van der Waals surface area contributed by atoms with Crippen molar-refractivity contribution in [3.05, 3.63) is 0 Å². The predicted octanol–water partition coefficient (Wildman–Crippen LogP) is -0.00740. The lowest BCUT2D eigenvalue weighted by Crippen LogP contribution is -2.34. The molecule has 0 rings (SSSR count). The van der Waals surface area contributed by atoms with E-state index >= 15 is 0 Å². The van der Waals surface area contributed by atoms with Gasteiger partial charge in [-0.3, -0.25) is 0 Å². The fraction of sp³-hybridized carbons (Fsp3) is 1.00. The number of aliphatic hydroxyl groups excluding tert-OH is 3. The minimum Gasteiger partial charge on any atom is -0.396 e. The number of hydrogen-bond donors (Lipinski definition) is 3. The van der Waals surface area contributed by atoms with Crippen molar-refractivity contribution in [1.82, 2.24) is 0 Å². The van der Waals surface area contributed by atoms with Gasteiger partial charge in [0, 0.05) is 18.4 Å². The fourth-order valence-electron chi connectivity index (χ4n) is 0.912. The summed E-state index contributed by atoms with van der Waals surface area (Å²) in [5, 5.41) is 27.2. The Morgan fingerprint density at radius 2 is 1.55 bits per heavy atom. The van der Waals surface area contributed by atoms with Gasteiger partial charge in [-0.25, -0.2) is 0 Å². The topological polar surface area (TPSA) is 60.7 Å². The molecular weight excluding hydrogens is 144 g/mol. The van der Waals surface area contributed by atoms with Crippen LogP contribution in [0.2, 0.25) is 0 Å². The van der Waals surface area contributed by atoms with Gasteiger partial charge in [0.1, 0.15) is 0 Å². The van der Waals surface area contributed by atoms with Crippen LogP contribution in [-0.4, -0.2) is 34.1 Å². The first kappa shape index (κ1) is 10.9. The molecule has 0 aromatic carbocycles. The van der Waals surface area contributed by atoms with Gasteiger partial charge in [-0.1, -0.05) is 13.8 Å². The van der Waals surface area contributed by atoms with E-state index in [1.165, 1.54) is 0 Å². The molecule has 0 unspecified atom stereocenters. The van der Waals surface area contributed by atoms with Crippen molar-refractivity contribution >= 4 is 0 Å². The molecule has 0 aliphatic heterocycles. The summed E-state index contributed by atoms with van der Waals surface area (Å²) in [6.45, 7) is 5.11. The van der Waals surface area contributed by atoms with E-state index in [2.05, 4.69) is 0 Å². The molecule has 3 nitrogen and oxygen atoms in total. The standard InChI is InChI=1S/C8H18O3/c1-5(4-9)8(11)6(2)7(3)10/h5-11H,4H2,1-3H3/t5-,6-,7+,8+/m1/s1. The van der Waals surface area contributed by atoms with Gasteiger partial charge < -0.3 is 15.3 Å². The zero-order chi connectivity index (χ0) is 9.02. The molecule has 0 saturated heterocycles. The summed E-state index contributed by atoms with van der Waals surface area (Å²) in [5.74, 6) is -0.350. The summed E-state index contributed by atoms with van der Waals surface area (Å²) in [7, 11) is 0. The molecule has 3 heteroatoms. The maximum absolute atomic E-state index is 9.44. The van der Waals surface area contributed by atoms with Crippen LogP contribution in [0.5, 0.6) is 0 Å². The average Bonchev–Trinajstić information content (AvgIpc) is 2.00. The second-order valence-corrected chi connectivity index (χ2v) is 3.25. The van der Waals surface area contributed by atoms with Crippen molar-refractivity contribution in [3.63, 3.8) is 0 Å². The molecule has 0 aromatic heterocycles. The van der Waals surface area contributed by atoms with E-state index < -0.39 is 12.2 Å². The highest BCUT2D eigenvalue weighted by Crippen LogP contribution is 2.15. The van der Waals surface area contributed by atoms with Crippen LogP contribution >= 0.6 is 0 Å². The summed E-state index contributed by atoms with van der Waals surface area (Å²) in [4.78, 5) is 0. The number of rotatable bonds is 4. The van der Waals surface area contributed by atoms with E-state index in [1.807, 2.05) is 0 Å². The Labute approximate surface area is 67.7 Å². The second-order valence-electron chi connectivity index (χ2n) is 3.25. The van der Waals surface area contributed by atoms with Crippen LogP contribution in [0.25, 0.3) is 0 Å². The maximum atomic E-state index is 9.44. The molecule has 3 N–H and O–H groups in total. The molecule has 0 aliphatic rings. The van der Waals surface area contributed by atoms with E-state index in [4.69, 9.17) is 10.2 Å². The molecule has 0 spiro atoms. The molecule has 0 radical (unpaired) electrons. The molecule has 0 amide bonds. The van der Waals surface area contributed by atoms with Gasteiger partial charge in [-0.15, -0.1) is 0 Å². The van der Waals surface area contributed by atoms with Gasteiger partial charge in [0.15, 0.2) is 0 Å². The highest BCUT2D eigenvalue weighted by atomic mass is 16.3. The normalized spacial score (nSPS) is 22.4. The molecule has 0 saturated carbocycles. The lowest BCUT2D eigenvalue weighted by Gasteiger charge is -2.25. The van der Waals surface area contributed by atoms with E-state index in [9.17, 15) is 5.11 Å². The SMILES string of the molecule is C[C@@H]([C@@H](O)[C@H](C)CO)[C@H](C)O. The summed E-state index contributed by atoms with van der Waals surface area (Å²) in [5.41, 5.74) is 0. The lowest BCUT2D eigenvalue weighted by molar-refractivity contribution is -0.0128. The molecule has 0 fully saturated rings. The first-order chi connectivity index (χ1) is 5.00. The quantitative estimate of drug-likeness (QED) is 0.545. The third-order valence-electron chi connectivity index (χ3n) is 2.17. The maximum Gasteiger partial charge on any atom is 0.0637 e. The minimum atomic E-state index is -0.625. The van der Waals surface area contributed by atoms with Gasteiger partial charge >= 0.3 is 0 Å². The van der Waals surface area contributed by atoms with E-state index in [-0.39, 0.29) is 18.4 Å². The van der Waals surface area contributed by atoms with Crippen molar-refractivity contribution in [2.45, 2.75) is 33.0 Å². The monoisotopic (exact) mass is 162 g/mol. The molecule has 11 heavy (non-hydrogen) atoms.